The third-order valence-corrected chi connectivity index (χ3v) is 3.35. The van der Waals surface area contributed by atoms with Crippen LogP contribution in [0.2, 0.25) is 0 Å². The Morgan fingerprint density at radius 1 is 1.28 bits per heavy atom. The molecular weight excluding hydrogens is 248 g/mol. The Labute approximate surface area is 115 Å². The molecule has 3 N–H and O–H groups in total. The highest BCUT2D eigenvalue weighted by molar-refractivity contribution is 5.85. The van der Waals surface area contributed by atoms with Gasteiger partial charge in [0.15, 0.2) is 0 Å². The van der Waals surface area contributed by atoms with Crippen molar-refractivity contribution in [3.8, 4) is 0 Å². The van der Waals surface area contributed by atoms with Crippen LogP contribution in [0.4, 0.5) is 0 Å². The quantitative estimate of drug-likeness (QED) is 0.882. The van der Waals surface area contributed by atoms with E-state index in [4.69, 9.17) is 5.73 Å². The van der Waals surface area contributed by atoms with Crippen LogP contribution in [0, 0.1) is 0 Å². The predicted molar refractivity (Wildman–Crippen MR) is 75.6 cm³/mol. The Kier molecular flexibility index (Phi) is 6.16. The Bertz CT molecular complexity index is 363. The normalized spacial score (nSPS) is 16.9. The molecule has 1 aliphatic rings. The van der Waals surface area contributed by atoms with Gasteiger partial charge in [0.05, 0.1) is 0 Å². The summed E-state index contributed by atoms with van der Waals surface area (Å²) >= 11 is 0. The van der Waals surface area contributed by atoms with Crippen molar-refractivity contribution >= 4 is 18.3 Å². The molecule has 0 heterocycles. The van der Waals surface area contributed by atoms with Crippen LogP contribution in [0.25, 0.3) is 0 Å². The van der Waals surface area contributed by atoms with Crippen LogP contribution < -0.4 is 11.1 Å². The minimum absolute atomic E-state index is 0. The molecule has 0 spiro atoms. The van der Waals surface area contributed by atoms with Crippen LogP contribution in [-0.2, 0) is 4.79 Å². The molecule has 4 heteroatoms. The number of carbonyl (C=O) groups excluding carboxylic acids is 1. The monoisotopic (exact) mass is 268 g/mol. The highest BCUT2D eigenvalue weighted by Gasteiger charge is 2.18. The van der Waals surface area contributed by atoms with Crippen LogP contribution in [0.5, 0.6) is 0 Å². The van der Waals surface area contributed by atoms with E-state index in [0.717, 1.165) is 18.4 Å². The second-order valence-electron chi connectivity index (χ2n) is 4.77. The third kappa shape index (κ3) is 4.31. The summed E-state index contributed by atoms with van der Waals surface area (Å²) in [6.07, 6.45) is 5.07. The summed E-state index contributed by atoms with van der Waals surface area (Å²) in [5, 5.41) is 3.06. The van der Waals surface area contributed by atoms with E-state index in [9.17, 15) is 4.79 Å². The fourth-order valence-electron chi connectivity index (χ4n) is 2.37. The first-order chi connectivity index (χ1) is 8.25. The van der Waals surface area contributed by atoms with Crippen molar-refractivity contribution in [2.24, 2.45) is 5.73 Å². The Morgan fingerprint density at radius 3 is 2.50 bits per heavy atom. The van der Waals surface area contributed by atoms with Gasteiger partial charge in [-0.05, 0) is 18.4 Å². The molecule has 1 amide bonds. The van der Waals surface area contributed by atoms with Crippen LogP contribution >= 0.6 is 12.4 Å². The standard InChI is InChI=1S/C14H20N2O.ClH/c15-13(11-6-2-1-3-7-11)10-14(17)16-12-8-4-5-9-12;/h1-3,6-7,12-13H,4-5,8-10,15H2,(H,16,17);1H. The molecule has 2 rings (SSSR count). The van der Waals surface area contributed by atoms with Crippen molar-refractivity contribution in [1.82, 2.24) is 5.32 Å². The second-order valence-corrected chi connectivity index (χ2v) is 4.77. The fraction of sp³-hybridized carbons (Fsp3) is 0.500. The molecule has 0 bridgehead atoms. The maximum atomic E-state index is 11.8. The van der Waals surface area contributed by atoms with E-state index in [-0.39, 0.29) is 24.4 Å². The van der Waals surface area contributed by atoms with Gasteiger partial charge < -0.3 is 11.1 Å². The predicted octanol–water partition coefficient (Wildman–Crippen LogP) is 2.56. The summed E-state index contributed by atoms with van der Waals surface area (Å²) in [4.78, 5) is 11.8. The van der Waals surface area contributed by atoms with Crippen molar-refractivity contribution in [3.63, 3.8) is 0 Å². The largest absolute Gasteiger partial charge is 0.353 e. The van der Waals surface area contributed by atoms with E-state index < -0.39 is 0 Å². The van der Waals surface area contributed by atoms with Gasteiger partial charge >= 0.3 is 0 Å². The molecule has 3 nitrogen and oxygen atoms in total. The molecule has 0 aromatic heterocycles. The van der Waals surface area contributed by atoms with Crippen molar-refractivity contribution < 1.29 is 4.79 Å². The average molecular weight is 269 g/mol. The van der Waals surface area contributed by atoms with Crippen molar-refractivity contribution in [3.05, 3.63) is 35.9 Å². The van der Waals surface area contributed by atoms with Gasteiger partial charge in [-0.25, -0.2) is 0 Å². The number of carbonyl (C=O) groups is 1. The fourth-order valence-corrected chi connectivity index (χ4v) is 2.37. The van der Waals surface area contributed by atoms with Crippen LogP contribution in [-0.4, -0.2) is 11.9 Å². The molecule has 0 radical (unpaired) electrons. The Morgan fingerprint density at radius 2 is 1.89 bits per heavy atom. The molecule has 1 aromatic rings. The van der Waals surface area contributed by atoms with Gasteiger partial charge in [0.2, 0.25) is 5.91 Å². The summed E-state index contributed by atoms with van der Waals surface area (Å²) in [6.45, 7) is 0. The summed E-state index contributed by atoms with van der Waals surface area (Å²) in [6, 6.07) is 9.97. The van der Waals surface area contributed by atoms with E-state index in [1.165, 1.54) is 12.8 Å². The van der Waals surface area contributed by atoms with E-state index in [1.807, 2.05) is 30.3 Å². The molecular formula is C14H21ClN2O. The zero-order valence-corrected chi connectivity index (χ0v) is 11.3. The van der Waals surface area contributed by atoms with E-state index >= 15 is 0 Å². The molecule has 18 heavy (non-hydrogen) atoms. The average Bonchev–Trinajstić information content (AvgIpc) is 2.82. The lowest BCUT2D eigenvalue weighted by Gasteiger charge is -2.15. The molecule has 1 saturated carbocycles. The number of nitrogens with two attached hydrogens (primary N) is 1. The van der Waals surface area contributed by atoms with Crippen molar-refractivity contribution in [2.45, 2.75) is 44.2 Å². The van der Waals surface area contributed by atoms with Gasteiger partial charge in [0, 0.05) is 18.5 Å². The van der Waals surface area contributed by atoms with Gasteiger partial charge in [-0.15, -0.1) is 12.4 Å². The van der Waals surface area contributed by atoms with E-state index in [1.54, 1.807) is 0 Å². The molecule has 0 aliphatic heterocycles. The Hall–Kier alpha value is -1.06. The number of halogens is 1. The third-order valence-electron chi connectivity index (χ3n) is 3.35. The first-order valence-electron chi connectivity index (χ1n) is 6.35. The number of hydrogen-bond donors (Lipinski definition) is 2. The first-order valence-corrected chi connectivity index (χ1v) is 6.35. The summed E-state index contributed by atoms with van der Waals surface area (Å²) in [5.74, 6) is 0.0771. The zero-order chi connectivity index (χ0) is 12.1. The first kappa shape index (κ1) is 15.0. The van der Waals surface area contributed by atoms with E-state index in [0.29, 0.717) is 12.5 Å². The lowest BCUT2D eigenvalue weighted by molar-refractivity contribution is -0.122. The molecule has 0 saturated heterocycles. The molecule has 1 fully saturated rings. The zero-order valence-electron chi connectivity index (χ0n) is 10.5. The SMILES string of the molecule is Cl.NC(CC(=O)NC1CCCC1)c1ccccc1. The molecule has 100 valence electrons. The van der Waals surface area contributed by atoms with E-state index in [2.05, 4.69) is 5.32 Å². The highest BCUT2D eigenvalue weighted by Crippen LogP contribution is 2.19. The molecule has 1 aliphatic carbocycles. The number of hydrogen-bond acceptors (Lipinski definition) is 2. The number of rotatable bonds is 4. The van der Waals surface area contributed by atoms with Gasteiger partial charge in [0.25, 0.3) is 0 Å². The lowest BCUT2D eigenvalue weighted by Crippen LogP contribution is -2.34. The summed E-state index contributed by atoms with van der Waals surface area (Å²) in [7, 11) is 0. The maximum absolute atomic E-state index is 11.8. The number of benzene rings is 1. The minimum Gasteiger partial charge on any atom is -0.353 e. The smallest absolute Gasteiger partial charge is 0.222 e. The Balaban J connectivity index is 0.00000162. The van der Waals surface area contributed by atoms with Gasteiger partial charge in [-0.3, -0.25) is 4.79 Å². The highest BCUT2D eigenvalue weighted by atomic mass is 35.5. The van der Waals surface area contributed by atoms with Crippen LogP contribution in [0.15, 0.2) is 30.3 Å². The topological polar surface area (TPSA) is 55.1 Å². The second kappa shape index (κ2) is 7.39. The molecule has 1 unspecified atom stereocenters. The van der Waals surface area contributed by atoms with Gasteiger partial charge in [-0.1, -0.05) is 43.2 Å². The number of nitrogens with one attached hydrogen (secondary N) is 1. The van der Waals surface area contributed by atoms with Gasteiger partial charge in [0.1, 0.15) is 0 Å². The maximum Gasteiger partial charge on any atom is 0.222 e. The summed E-state index contributed by atoms with van der Waals surface area (Å²) in [5.41, 5.74) is 7.03. The van der Waals surface area contributed by atoms with Crippen LogP contribution in [0.3, 0.4) is 0 Å². The molecule has 1 atom stereocenters. The van der Waals surface area contributed by atoms with Gasteiger partial charge in [-0.2, -0.15) is 0 Å². The minimum atomic E-state index is -0.197. The van der Waals surface area contributed by atoms with Crippen LogP contribution in [0.1, 0.15) is 43.7 Å². The summed E-state index contributed by atoms with van der Waals surface area (Å²) < 4.78 is 0. The van der Waals surface area contributed by atoms with Crippen molar-refractivity contribution in [1.29, 1.82) is 0 Å². The van der Waals surface area contributed by atoms with Crippen molar-refractivity contribution in [2.75, 3.05) is 0 Å². The molecule has 1 aromatic carbocycles. The number of amides is 1. The lowest BCUT2D eigenvalue weighted by atomic mass is 10.0.